The Morgan fingerprint density at radius 1 is 1.28 bits per heavy atom. The highest BCUT2D eigenvalue weighted by atomic mass is 32.1. The van der Waals surface area contributed by atoms with E-state index in [2.05, 4.69) is 10.3 Å². The number of benzene rings is 1. The topological polar surface area (TPSA) is 73.6 Å². The van der Waals surface area contributed by atoms with E-state index in [0.29, 0.717) is 35.8 Å². The molecular weight excluding hydrogens is 388 g/mol. The predicted octanol–water partition coefficient (Wildman–Crippen LogP) is 5.30. The van der Waals surface area contributed by atoms with Gasteiger partial charge in [-0.05, 0) is 44.4 Å². The van der Waals surface area contributed by atoms with Gasteiger partial charge in [-0.15, -0.1) is 11.3 Å². The minimum Gasteiger partial charge on any atom is -0.460 e. The SMILES string of the molecule is Cc1oc2cc(Oc3ccnc4ccsc34)ccc2c1C(=O)NCCOC(C)C. The minimum absolute atomic E-state index is 0.137. The van der Waals surface area contributed by atoms with Crippen molar-refractivity contribution >= 4 is 38.4 Å². The van der Waals surface area contributed by atoms with Crippen LogP contribution in [0.1, 0.15) is 30.0 Å². The summed E-state index contributed by atoms with van der Waals surface area (Å²) in [5, 5.41) is 5.63. The second-order valence-electron chi connectivity index (χ2n) is 6.91. The lowest BCUT2D eigenvalue weighted by molar-refractivity contribution is 0.0746. The molecule has 1 amide bonds. The summed E-state index contributed by atoms with van der Waals surface area (Å²) < 4.78 is 18.4. The predicted molar refractivity (Wildman–Crippen MR) is 114 cm³/mol. The Bertz CT molecular complexity index is 1160. The Morgan fingerprint density at radius 2 is 2.14 bits per heavy atom. The number of hydrogen-bond donors (Lipinski definition) is 1. The van der Waals surface area contributed by atoms with Gasteiger partial charge < -0.3 is 19.2 Å². The first-order valence-electron chi connectivity index (χ1n) is 9.46. The monoisotopic (exact) mass is 410 g/mol. The van der Waals surface area contributed by atoms with Crippen molar-refractivity contribution in [2.75, 3.05) is 13.2 Å². The fourth-order valence-electron chi connectivity index (χ4n) is 3.15. The highest BCUT2D eigenvalue weighted by Gasteiger charge is 2.19. The maximum atomic E-state index is 12.6. The van der Waals surface area contributed by atoms with Crippen LogP contribution in [0, 0.1) is 6.92 Å². The van der Waals surface area contributed by atoms with Crippen LogP contribution in [0.3, 0.4) is 0 Å². The largest absolute Gasteiger partial charge is 0.460 e. The lowest BCUT2D eigenvalue weighted by Gasteiger charge is -2.08. The molecule has 6 nitrogen and oxygen atoms in total. The number of fused-ring (bicyclic) bond motifs is 2. The molecule has 4 rings (SSSR count). The first kappa shape index (κ1) is 19.4. The molecule has 1 aromatic carbocycles. The van der Waals surface area contributed by atoms with Crippen molar-refractivity contribution in [1.82, 2.24) is 10.3 Å². The van der Waals surface area contributed by atoms with Crippen molar-refractivity contribution in [3.8, 4) is 11.5 Å². The van der Waals surface area contributed by atoms with Crippen molar-refractivity contribution in [1.29, 1.82) is 0 Å². The molecule has 0 atom stereocenters. The number of aryl methyl sites for hydroxylation is 1. The third kappa shape index (κ3) is 4.11. The van der Waals surface area contributed by atoms with Gasteiger partial charge in [0, 0.05) is 30.3 Å². The molecule has 0 aliphatic heterocycles. The van der Waals surface area contributed by atoms with E-state index in [0.717, 1.165) is 21.4 Å². The van der Waals surface area contributed by atoms with Crippen LogP contribution in [0.25, 0.3) is 21.2 Å². The Balaban J connectivity index is 1.55. The number of pyridine rings is 1. The molecule has 29 heavy (non-hydrogen) atoms. The fourth-order valence-corrected chi connectivity index (χ4v) is 3.95. The molecule has 1 N–H and O–H groups in total. The van der Waals surface area contributed by atoms with Crippen molar-refractivity contribution in [3.63, 3.8) is 0 Å². The minimum atomic E-state index is -0.170. The number of rotatable bonds is 7. The van der Waals surface area contributed by atoms with Gasteiger partial charge in [0.05, 0.1) is 28.5 Å². The van der Waals surface area contributed by atoms with Gasteiger partial charge in [-0.1, -0.05) is 0 Å². The number of furan rings is 1. The van der Waals surface area contributed by atoms with E-state index < -0.39 is 0 Å². The van der Waals surface area contributed by atoms with Crippen LogP contribution in [-0.4, -0.2) is 30.1 Å². The van der Waals surface area contributed by atoms with E-state index in [4.69, 9.17) is 13.9 Å². The van der Waals surface area contributed by atoms with Gasteiger partial charge in [0.1, 0.15) is 22.8 Å². The van der Waals surface area contributed by atoms with E-state index in [1.54, 1.807) is 30.5 Å². The average molecular weight is 410 g/mol. The Morgan fingerprint density at radius 3 is 2.97 bits per heavy atom. The summed E-state index contributed by atoms with van der Waals surface area (Å²) in [4.78, 5) is 16.9. The number of amides is 1. The average Bonchev–Trinajstić information content (AvgIpc) is 3.28. The molecule has 0 fully saturated rings. The Kier molecular flexibility index (Phi) is 5.51. The maximum absolute atomic E-state index is 12.6. The number of aromatic nitrogens is 1. The maximum Gasteiger partial charge on any atom is 0.255 e. The highest BCUT2D eigenvalue weighted by molar-refractivity contribution is 7.17. The van der Waals surface area contributed by atoms with Crippen LogP contribution in [0.2, 0.25) is 0 Å². The quantitative estimate of drug-likeness (QED) is 0.419. The number of hydrogen-bond acceptors (Lipinski definition) is 6. The molecule has 0 saturated heterocycles. The van der Waals surface area contributed by atoms with Crippen LogP contribution in [-0.2, 0) is 4.74 Å². The number of nitrogens with zero attached hydrogens (tertiary/aromatic N) is 1. The second-order valence-corrected chi connectivity index (χ2v) is 7.83. The molecule has 3 heterocycles. The fraction of sp³-hybridized carbons (Fsp3) is 0.273. The van der Waals surface area contributed by atoms with Gasteiger partial charge in [-0.2, -0.15) is 0 Å². The lowest BCUT2D eigenvalue weighted by atomic mass is 10.1. The van der Waals surface area contributed by atoms with Gasteiger partial charge in [0.15, 0.2) is 0 Å². The molecule has 4 aromatic rings. The van der Waals surface area contributed by atoms with Crippen LogP contribution in [0.15, 0.2) is 46.3 Å². The summed E-state index contributed by atoms with van der Waals surface area (Å²) in [6.45, 7) is 6.63. The molecule has 0 radical (unpaired) electrons. The molecule has 150 valence electrons. The Hall–Kier alpha value is -2.90. The molecule has 0 aliphatic carbocycles. The van der Waals surface area contributed by atoms with Gasteiger partial charge in [0.2, 0.25) is 0 Å². The summed E-state index contributed by atoms with van der Waals surface area (Å²) in [7, 11) is 0. The number of ether oxygens (including phenoxy) is 2. The Labute approximate surface area is 172 Å². The van der Waals surface area contributed by atoms with E-state index in [1.165, 1.54) is 0 Å². The molecule has 3 aromatic heterocycles. The third-order valence-electron chi connectivity index (χ3n) is 4.44. The third-order valence-corrected chi connectivity index (χ3v) is 5.36. The van der Waals surface area contributed by atoms with Crippen LogP contribution in [0.5, 0.6) is 11.5 Å². The summed E-state index contributed by atoms with van der Waals surface area (Å²) in [6.07, 6.45) is 1.86. The zero-order chi connectivity index (χ0) is 20.4. The molecule has 0 spiro atoms. The number of carbonyl (C=O) groups excluding carboxylic acids is 1. The zero-order valence-corrected chi connectivity index (χ0v) is 17.3. The lowest BCUT2D eigenvalue weighted by Crippen LogP contribution is -2.28. The summed E-state index contributed by atoms with van der Waals surface area (Å²) in [5.41, 5.74) is 2.06. The molecule has 0 aliphatic rings. The standard InChI is InChI=1S/C22H22N2O4S/c1-13(2)26-10-9-24-22(25)20-14(3)27-19-12-15(4-5-16(19)20)28-18-6-8-23-17-7-11-29-21(17)18/h4-8,11-13H,9-10H2,1-3H3,(H,24,25). The van der Waals surface area contributed by atoms with E-state index >= 15 is 0 Å². The first-order chi connectivity index (χ1) is 14.0. The molecule has 0 bridgehead atoms. The van der Waals surface area contributed by atoms with Gasteiger partial charge >= 0.3 is 0 Å². The molecular formula is C22H22N2O4S. The molecule has 7 heteroatoms. The van der Waals surface area contributed by atoms with Crippen LogP contribution in [0.4, 0.5) is 0 Å². The first-order valence-corrected chi connectivity index (χ1v) is 10.3. The van der Waals surface area contributed by atoms with Gasteiger partial charge in [-0.3, -0.25) is 9.78 Å². The van der Waals surface area contributed by atoms with Crippen molar-refractivity contribution in [3.05, 3.63) is 53.2 Å². The summed E-state index contributed by atoms with van der Waals surface area (Å²) in [5.74, 6) is 1.79. The van der Waals surface area contributed by atoms with Gasteiger partial charge in [-0.25, -0.2) is 0 Å². The second kappa shape index (κ2) is 8.23. The van der Waals surface area contributed by atoms with E-state index in [1.807, 2.05) is 43.5 Å². The van der Waals surface area contributed by atoms with E-state index in [9.17, 15) is 4.79 Å². The zero-order valence-electron chi connectivity index (χ0n) is 16.5. The van der Waals surface area contributed by atoms with Gasteiger partial charge in [0.25, 0.3) is 5.91 Å². The normalized spacial score (nSPS) is 11.4. The summed E-state index contributed by atoms with van der Waals surface area (Å²) >= 11 is 1.58. The smallest absolute Gasteiger partial charge is 0.255 e. The molecule has 0 unspecified atom stereocenters. The number of nitrogens with one attached hydrogen (secondary N) is 1. The van der Waals surface area contributed by atoms with Crippen molar-refractivity contribution < 1.29 is 18.7 Å². The van der Waals surface area contributed by atoms with Crippen LogP contribution >= 0.6 is 11.3 Å². The van der Waals surface area contributed by atoms with Crippen molar-refractivity contribution in [2.45, 2.75) is 26.9 Å². The molecule has 0 saturated carbocycles. The van der Waals surface area contributed by atoms with Crippen LogP contribution < -0.4 is 10.1 Å². The number of thiophene rings is 1. The van der Waals surface area contributed by atoms with Crippen molar-refractivity contribution in [2.24, 2.45) is 0 Å². The van der Waals surface area contributed by atoms with E-state index in [-0.39, 0.29) is 12.0 Å². The number of carbonyl (C=O) groups is 1. The highest BCUT2D eigenvalue weighted by Crippen LogP contribution is 2.35. The summed E-state index contributed by atoms with van der Waals surface area (Å²) in [6, 6.07) is 9.31.